The Balaban J connectivity index is 3.17. The Morgan fingerprint density at radius 1 is 1.36 bits per heavy atom. The molecular formula is C8H14Br2O. The number of unbranched alkanes of at least 4 members (excludes halogenated alkanes) is 2. The number of hydrogen-bond acceptors (Lipinski definition) is 1. The van der Waals surface area contributed by atoms with Gasteiger partial charge in [0.25, 0.3) is 0 Å². The number of halogens is 2. The maximum absolute atomic E-state index is 10.8. The lowest BCUT2D eigenvalue weighted by Gasteiger charge is -2.03. The molecule has 0 aliphatic rings. The quantitative estimate of drug-likeness (QED) is 0.541. The predicted octanol–water partition coefficient (Wildman–Crippen LogP) is 3.29. The summed E-state index contributed by atoms with van der Waals surface area (Å²) in [5.74, 6) is 0.240. The van der Waals surface area contributed by atoms with Gasteiger partial charge in [-0.3, -0.25) is 4.79 Å². The van der Waals surface area contributed by atoms with E-state index in [2.05, 4.69) is 31.9 Å². The Bertz CT molecular complexity index is 115. The van der Waals surface area contributed by atoms with Crippen molar-refractivity contribution in [2.45, 2.75) is 37.4 Å². The molecule has 3 heteroatoms. The van der Waals surface area contributed by atoms with E-state index in [1.54, 1.807) is 6.92 Å². The highest BCUT2D eigenvalue weighted by Crippen LogP contribution is 2.12. The van der Waals surface area contributed by atoms with Crippen molar-refractivity contribution < 1.29 is 4.79 Å². The number of hydrogen-bond donors (Lipinski definition) is 0. The topological polar surface area (TPSA) is 17.1 Å². The molecule has 0 rings (SSSR count). The van der Waals surface area contributed by atoms with Crippen LogP contribution in [0, 0.1) is 0 Å². The van der Waals surface area contributed by atoms with Gasteiger partial charge in [-0.05, 0) is 19.8 Å². The normalized spacial score (nSPS) is 13.0. The summed E-state index contributed by atoms with van der Waals surface area (Å²) in [6.07, 6.45) is 4.53. The molecule has 0 aromatic heterocycles. The van der Waals surface area contributed by atoms with E-state index in [1.807, 2.05) is 0 Å². The van der Waals surface area contributed by atoms with Crippen LogP contribution in [0.4, 0.5) is 0 Å². The van der Waals surface area contributed by atoms with Crippen molar-refractivity contribution in [1.29, 1.82) is 0 Å². The van der Waals surface area contributed by atoms with Crippen LogP contribution in [0.15, 0.2) is 0 Å². The van der Waals surface area contributed by atoms with Gasteiger partial charge in [0.1, 0.15) is 5.78 Å². The van der Waals surface area contributed by atoms with Crippen molar-refractivity contribution in [3.63, 3.8) is 0 Å². The Morgan fingerprint density at radius 3 is 2.45 bits per heavy atom. The van der Waals surface area contributed by atoms with Crippen LogP contribution in [0.25, 0.3) is 0 Å². The average molecular weight is 286 g/mol. The third-order valence-corrected chi connectivity index (χ3v) is 3.20. The Hall–Kier alpha value is 0.630. The first kappa shape index (κ1) is 11.6. The first-order valence-electron chi connectivity index (χ1n) is 3.89. The molecule has 0 heterocycles. The van der Waals surface area contributed by atoms with Crippen molar-refractivity contribution in [3.05, 3.63) is 0 Å². The van der Waals surface area contributed by atoms with Crippen LogP contribution in [0.1, 0.15) is 32.6 Å². The molecule has 0 aliphatic heterocycles. The van der Waals surface area contributed by atoms with Crippen molar-refractivity contribution in [2.24, 2.45) is 0 Å². The average Bonchev–Trinajstić information content (AvgIpc) is 1.97. The van der Waals surface area contributed by atoms with E-state index >= 15 is 0 Å². The van der Waals surface area contributed by atoms with Gasteiger partial charge >= 0.3 is 0 Å². The molecule has 0 radical (unpaired) electrons. The van der Waals surface area contributed by atoms with Crippen molar-refractivity contribution >= 4 is 37.6 Å². The van der Waals surface area contributed by atoms with Crippen LogP contribution in [0.2, 0.25) is 0 Å². The number of carbonyl (C=O) groups is 1. The van der Waals surface area contributed by atoms with E-state index in [-0.39, 0.29) is 10.6 Å². The first-order valence-corrected chi connectivity index (χ1v) is 5.92. The van der Waals surface area contributed by atoms with E-state index < -0.39 is 0 Å². The second kappa shape index (κ2) is 7.29. The summed E-state index contributed by atoms with van der Waals surface area (Å²) in [6, 6.07) is 0. The molecule has 0 aromatic rings. The van der Waals surface area contributed by atoms with Crippen molar-refractivity contribution in [3.8, 4) is 0 Å². The number of carbonyl (C=O) groups excluding carboxylic acids is 1. The maximum Gasteiger partial charge on any atom is 0.143 e. The first-order chi connectivity index (χ1) is 5.18. The molecule has 1 unspecified atom stereocenters. The van der Waals surface area contributed by atoms with E-state index in [9.17, 15) is 4.79 Å². The zero-order chi connectivity index (χ0) is 8.69. The van der Waals surface area contributed by atoms with E-state index in [0.717, 1.165) is 18.2 Å². The summed E-state index contributed by atoms with van der Waals surface area (Å²) in [7, 11) is 0. The van der Waals surface area contributed by atoms with Crippen LogP contribution in [0.5, 0.6) is 0 Å². The van der Waals surface area contributed by atoms with Gasteiger partial charge in [0.05, 0.1) is 4.83 Å². The van der Waals surface area contributed by atoms with Gasteiger partial charge in [-0.2, -0.15) is 0 Å². The van der Waals surface area contributed by atoms with E-state index in [4.69, 9.17) is 0 Å². The fraction of sp³-hybridized carbons (Fsp3) is 0.875. The van der Waals surface area contributed by atoms with E-state index in [0.29, 0.717) is 0 Å². The standard InChI is InChI=1S/C8H14Br2O/c1-7(11)8(10)5-3-2-4-6-9/h8H,2-6H2,1H3. The SMILES string of the molecule is CC(=O)C(Br)CCCCCBr. The number of rotatable bonds is 6. The van der Waals surface area contributed by atoms with Crippen LogP contribution < -0.4 is 0 Å². The van der Waals surface area contributed by atoms with Crippen LogP contribution >= 0.6 is 31.9 Å². The zero-order valence-corrected chi connectivity index (χ0v) is 9.95. The molecule has 1 atom stereocenters. The molecule has 0 saturated heterocycles. The van der Waals surface area contributed by atoms with Gasteiger partial charge in [0.15, 0.2) is 0 Å². The number of ketones is 1. The smallest absolute Gasteiger partial charge is 0.143 e. The second-order valence-corrected chi connectivity index (χ2v) is 4.51. The minimum Gasteiger partial charge on any atom is -0.299 e. The highest BCUT2D eigenvalue weighted by atomic mass is 79.9. The Labute approximate surface area is 85.2 Å². The van der Waals surface area contributed by atoms with E-state index in [1.165, 1.54) is 12.8 Å². The largest absolute Gasteiger partial charge is 0.299 e. The molecule has 66 valence electrons. The van der Waals surface area contributed by atoms with Gasteiger partial charge in [-0.25, -0.2) is 0 Å². The summed E-state index contributed by atoms with van der Waals surface area (Å²) in [5.41, 5.74) is 0. The van der Waals surface area contributed by atoms with Gasteiger partial charge in [-0.1, -0.05) is 44.7 Å². The fourth-order valence-corrected chi connectivity index (χ4v) is 1.52. The molecule has 0 amide bonds. The Morgan fingerprint density at radius 2 is 2.00 bits per heavy atom. The third kappa shape index (κ3) is 7.01. The zero-order valence-electron chi connectivity index (χ0n) is 6.78. The lowest BCUT2D eigenvalue weighted by Crippen LogP contribution is -2.08. The molecule has 0 fully saturated rings. The highest BCUT2D eigenvalue weighted by Gasteiger charge is 2.07. The van der Waals surface area contributed by atoms with Crippen LogP contribution in [0.3, 0.4) is 0 Å². The van der Waals surface area contributed by atoms with Crippen molar-refractivity contribution in [1.82, 2.24) is 0 Å². The molecule has 0 spiro atoms. The summed E-state index contributed by atoms with van der Waals surface area (Å²) >= 11 is 6.70. The molecule has 1 nitrogen and oxygen atoms in total. The summed E-state index contributed by atoms with van der Waals surface area (Å²) in [4.78, 5) is 10.8. The minimum atomic E-state index is 0.0813. The number of Topliss-reactive ketones (excluding diaryl/α,β-unsaturated/α-hetero) is 1. The lowest BCUT2D eigenvalue weighted by atomic mass is 10.1. The summed E-state index contributed by atoms with van der Waals surface area (Å²) in [5, 5.41) is 1.07. The summed E-state index contributed by atoms with van der Waals surface area (Å²) in [6.45, 7) is 1.63. The molecule has 0 aromatic carbocycles. The van der Waals surface area contributed by atoms with Crippen LogP contribution in [-0.2, 0) is 4.79 Å². The predicted molar refractivity (Wildman–Crippen MR) is 55.7 cm³/mol. The molecule has 0 aliphatic carbocycles. The van der Waals surface area contributed by atoms with Gasteiger partial charge in [0, 0.05) is 5.33 Å². The monoisotopic (exact) mass is 284 g/mol. The molecular weight excluding hydrogens is 272 g/mol. The van der Waals surface area contributed by atoms with Crippen molar-refractivity contribution in [2.75, 3.05) is 5.33 Å². The van der Waals surface area contributed by atoms with Gasteiger partial charge in [-0.15, -0.1) is 0 Å². The van der Waals surface area contributed by atoms with Gasteiger partial charge < -0.3 is 0 Å². The minimum absolute atomic E-state index is 0.0813. The highest BCUT2D eigenvalue weighted by molar-refractivity contribution is 9.10. The molecule has 0 saturated carbocycles. The maximum atomic E-state index is 10.8. The van der Waals surface area contributed by atoms with Crippen LogP contribution in [-0.4, -0.2) is 15.9 Å². The fourth-order valence-electron chi connectivity index (χ4n) is 0.798. The molecule has 0 N–H and O–H groups in total. The van der Waals surface area contributed by atoms with Gasteiger partial charge in [0.2, 0.25) is 0 Å². The lowest BCUT2D eigenvalue weighted by molar-refractivity contribution is -0.116. The summed E-state index contributed by atoms with van der Waals surface area (Å²) < 4.78 is 0. The molecule has 0 bridgehead atoms. The molecule has 11 heavy (non-hydrogen) atoms. The third-order valence-electron chi connectivity index (χ3n) is 1.53. The number of alkyl halides is 2. The Kier molecular flexibility index (Phi) is 7.71. The second-order valence-electron chi connectivity index (χ2n) is 2.62.